The summed E-state index contributed by atoms with van der Waals surface area (Å²) in [5, 5.41) is 11.4. The summed E-state index contributed by atoms with van der Waals surface area (Å²) in [6.45, 7) is 6.22. The monoisotopic (exact) mass is 252 g/mol. The molecule has 0 spiro atoms. The van der Waals surface area contributed by atoms with E-state index in [1.165, 1.54) is 11.8 Å². The molecule has 1 fully saturated rings. The molecule has 0 aromatic carbocycles. The third-order valence-electron chi connectivity index (χ3n) is 2.48. The van der Waals surface area contributed by atoms with Crippen molar-refractivity contribution in [3.63, 3.8) is 0 Å². The molecule has 1 saturated carbocycles. The van der Waals surface area contributed by atoms with Gasteiger partial charge in [-0.3, -0.25) is 4.79 Å². The maximum Gasteiger partial charge on any atom is 0.233 e. The Hall–Kier alpha value is -1.30. The van der Waals surface area contributed by atoms with Gasteiger partial charge in [0, 0.05) is 12.6 Å². The zero-order valence-corrected chi connectivity index (χ0v) is 10.6. The van der Waals surface area contributed by atoms with Gasteiger partial charge in [-0.2, -0.15) is 0 Å². The van der Waals surface area contributed by atoms with Crippen molar-refractivity contribution in [1.82, 2.24) is 20.1 Å². The first-order valence-electron chi connectivity index (χ1n) is 5.66. The van der Waals surface area contributed by atoms with Crippen LogP contribution in [-0.4, -0.2) is 32.0 Å². The number of allylic oxidation sites excluding steroid dienone is 1. The molecule has 1 atom stereocenters. The average molecular weight is 252 g/mol. The second-order valence-electron chi connectivity index (χ2n) is 4.10. The molecule has 2 rings (SSSR count). The van der Waals surface area contributed by atoms with Crippen molar-refractivity contribution in [1.29, 1.82) is 0 Å². The van der Waals surface area contributed by atoms with Crippen molar-refractivity contribution in [3.05, 3.63) is 19.0 Å². The van der Waals surface area contributed by atoms with Crippen LogP contribution in [0, 0.1) is 0 Å². The molecule has 6 heteroatoms. The molecule has 0 bridgehead atoms. The molecular formula is C11H16N4OS. The highest BCUT2D eigenvalue weighted by atomic mass is 32.2. The highest BCUT2D eigenvalue weighted by molar-refractivity contribution is 8.00. The van der Waals surface area contributed by atoms with Crippen molar-refractivity contribution in [3.8, 4) is 0 Å². The molecule has 92 valence electrons. The molecule has 0 radical (unpaired) electrons. The van der Waals surface area contributed by atoms with Crippen LogP contribution in [-0.2, 0) is 11.3 Å². The molecule has 17 heavy (non-hydrogen) atoms. The van der Waals surface area contributed by atoms with E-state index in [1.807, 2.05) is 11.5 Å². The van der Waals surface area contributed by atoms with Crippen molar-refractivity contribution < 1.29 is 4.79 Å². The van der Waals surface area contributed by atoms with Crippen LogP contribution in [0.4, 0.5) is 0 Å². The minimum atomic E-state index is -0.150. The predicted molar refractivity (Wildman–Crippen MR) is 66.7 cm³/mol. The summed E-state index contributed by atoms with van der Waals surface area (Å²) in [6, 6.07) is 0.400. The van der Waals surface area contributed by atoms with Crippen LogP contribution in [0.5, 0.6) is 0 Å². The van der Waals surface area contributed by atoms with E-state index in [-0.39, 0.29) is 11.2 Å². The number of aromatic nitrogens is 3. The number of hydrogen-bond donors (Lipinski definition) is 1. The Balaban J connectivity index is 1.91. The van der Waals surface area contributed by atoms with E-state index in [4.69, 9.17) is 0 Å². The summed E-state index contributed by atoms with van der Waals surface area (Å²) >= 11 is 1.42. The number of amides is 1. The van der Waals surface area contributed by atoms with Gasteiger partial charge in [-0.1, -0.05) is 17.8 Å². The van der Waals surface area contributed by atoms with E-state index < -0.39 is 0 Å². The number of nitrogens with one attached hydrogen (secondary N) is 1. The second-order valence-corrected chi connectivity index (χ2v) is 5.41. The number of nitrogens with zero attached hydrogens (tertiary/aromatic N) is 3. The Morgan fingerprint density at radius 2 is 2.59 bits per heavy atom. The Labute approximate surface area is 105 Å². The van der Waals surface area contributed by atoms with Gasteiger partial charge in [-0.05, 0) is 19.8 Å². The molecule has 1 N–H and O–H groups in total. The number of thioether (sulfide) groups is 1. The van der Waals surface area contributed by atoms with Crippen molar-refractivity contribution in [2.75, 3.05) is 0 Å². The van der Waals surface area contributed by atoms with Crippen LogP contribution in [0.2, 0.25) is 0 Å². The fourth-order valence-corrected chi connectivity index (χ4v) is 2.20. The molecule has 0 aliphatic heterocycles. The molecule has 5 nitrogen and oxygen atoms in total. The first-order valence-corrected chi connectivity index (χ1v) is 6.54. The molecule has 1 aliphatic rings. The maximum atomic E-state index is 11.8. The predicted octanol–water partition coefficient (Wildman–Crippen LogP) is 1.22. The lowest BCUT2D eigenvalue weighted by molar-refractivity contribution is -0.120. The van der Waals surface area contributed by atoms with E-state index in [2.05, 4.69) is 22.1 Å². The first-order chi connectivity index (χ1) is 8.20. The molecule has 1 aromatic rings. The van der Waals surface area contributed by atoms with Crippen LogP contribution in [0.3, 0.4) is 0 Å². The van der Waals surface area contributed by atoms with Gasteiger partial charge in [0.1, 0.15) is 6.33 Å². The van der Waals surface area contributed by atoms with Gasteiger partial charge >= 0.3 is 0 Å². The smallest absolute Gasteiger partial charge is 0.233 e. The summed E-state index contributed by atoms with van der Waals surface area (Å²) in [5.41, 5.74) is 0. The van der Waals surface area contributed by atoms with E-state index >= 15 is 0 Å². The Kier molecular flexibility index (Phi) is 3.83. The number of rotatable bonds is 6. The first kappa shape index (κ1) is 12.2. The molecule has 1 heterocycles. The largest absolute Gasteiger partial charge is 0.352 e. The number of hydrogen-bond acceptors (Lipinski definition) is 4. The van der Waals surface area contributed by atoms with Crippen LogP contribution in [0.15, 0.2) is 24.1 Å². The van der Waals surface area contributed by atoms with Crippen molar-refractivity contribution >= 4 is 17.7 Å². The molecule has 0 unspecified atom stereocenters. The maximum absolute atomic E-state index is 11.8. The van der Waals surface area contributed by atoms with Gasteiger partial charge in [0.25, 0.3) is 0 Å². The third-order valence-corrected chi connectivity index (χ3v) is 3.58. The highest BCUT2D eigenvalue weighted by Gasteiger charge is 2.26. The van der Waals surface area contributed by atoms with Crippen LogP contribution in [0.25, 0.3) is 0 Å². The molecular weight excluding hydrogens is 236 g/mol. The Morgan fingerprint density at radius 1 is 1.82 bits per heavy atom. The minimum Gasteiger partial charge on any atom is -0.352 e. The lowest BCUT2D eigenvalue weighted by Gasteiger charge is -2.11. The van der Waals surface area contributed by atoms with Gasteiger partial charge in [-0.25, -0.2) is 0 Å². The van der Waals surface area contributed by atoms with E-state index in [1.54, 1.807) is 12.4 Å². The number of carbonyl (C=O) groups is 1. The average Bonchev–Trinajstić information content (AvgIpc) is 3.01. The van der Waals surface area contributed by atoms with E-state index in [0.29, 0.717) is 12.6 Å². The molecule has 1 aliphatic carbocycles. The van der Waals surface area contributed by atoms with Gasteiger partial charge in [0.05, 0.1) is 5.25 Å². The SMILES string of the molecule is C=CCn1cnnc1S[C@H](C)C(=O)NC1CC1. The summed E-state index contributed by atoms with van der Waals surface area (Å²) < 4.78 is 1.87. The molecule has 0 saturated heterocycles. The Morgan fingerprint density at radius 3 is 3.24 bits per heavy atom. The van der Waals surface area contributed by atoms with Gasteiger partial charge in [0.15, 0.2) is 5.16 Å². The summed E-state index contributed by atoms with van der Waals surface area (Å²) in [4.78, 5) is 11.8. The van der Waals surface area contributed by atoms with Crippen LogP contribution < -0.4 is 5.32 Å². The number of carbonyl (C=O) groups excluding carboxylic acids is 1. The van der Waals surface area contributed by atoms with Gasteiger partial charge in [-0.15, -0.1) is 16.8 Å². The topological polar surface area (TPSA) is 59.8 Å². The summed E-state index contributed by atoms with van der Waals surface area (Å²) in [7, 11) is 0. The Bertz CT molecular complexity index is 413. The fourth-order valence-electron chi connectivity index (χ4n) is 1.36. The fraction of sp³-hybridized carbons (Fsp3) is 0.545. The van der Waals surface area contributed by atoms with Gasteiger partial charge < -0.3 is 9.88 Å². The highest BCUT2D eigenvalue weighted by Crippen LogP contribution is 2.23. The van der Waals surface area contributed by atoms with E-state index in [0.717, 1.165) is 18.0 Å². The standard InChI is InChI=1S/C11H16N4OS/c1-3-6-15-7-12-14-11(15)17-8(2)10(16)13-9-4-5-9/h3,7-9H,1,4-6H2,2H3,(H,13,16)/t8-/m1/s1. The zero-order chi connectivity index (χ0) is 12.3. The normalized spacial score (nSPS) is 16.5. The zero-order valence-electron chi connectivity index (χ0n) is 9.80. The lowest BCUT2D eigenvalue weighted by Crippen LogP contribution is -2.32. The molecule has 1 amide bonds. The van der Waals surface area contributed by atoms with Crippen molar-refractivity contribution in [2.24, 2.45) is 0 Å². The van der Waals surface area contributed by atoms with Crippen molar-refractivity contribution in [2.45, 2.75) is 42.8 Å². The summed E-state index contributed by atoms with van der Waals surface area (Å²) in [6.07, 6.45) is 5.64. The van der Waals surface area contributed by atoms with Crippen LogP contribution >= 0.6 is 11.8 Å². The third kappa shape index (κ3) is 3.33. The van der Waals surface area contributed by atoms with Crippen LogP contribution in [0.1, 0.15) is 19.8 Å². The van der Waals surface area contributed by atoms with E-state index in [9.17, 15) is 4.79 Å². The second kappa shape index (κ2) is 5.35. The summed E-state index contributed by atoms with van der Waals surface area (Å²) in [5.74, 6) is 0.0747. The quantitative estimate of drug-likeness (QED) is 0.611. The minimum absolute atomic E-state index is 0.0747. The molecule has 1 aromatic heterocycles. The van der Waals surface area contributed by atoms with Gasteiger partial charge in [0.2, 0.25) is 5.91 Å². The lowest BCUT2D eigenvalue weighted by atomic mass is 10.4.